The minimum Gasteiger partial charge on any atom is -0.343 e. The van der Waals surface area contributed by atoms with Crippen LogP contribution in [0.15, 0.2) is 53.6 Å². The molecule has 0 bridgehead atoms. The van der Waals surface area contributed by atoms with Crippen LogP contribution in [0.25, 0.3) is 0 Å². The van der Waals surface area contributed by atoms with E-state index in [1.165, 1.54) is 6.07 Å². The highest BCUT2D eigenvalue weighted by Gasteiger charge is 2.27. The second-order valence-electron chi connectivity index (χ2n) is 6.77. The maximum Gasteiger partial charge on any atom is 0.209 e. The molecule has 2 heterocycles. The molecule has 5 nitrogen and oxygen atoms in total. The molecule has 148 valence electrons. The van der Waals surface area contributed by atoms with E-state index in [0.29, 0.717) is 12.1 Å². The summed E-state index contributed by atoms with van der Waals surface area (Å²) in [5, 5.41) is 9.31. The normalized spacial score (nSPS) is 19.0. The zero-order chi connectivity index (χ0) is 19.9. The maximum atomic E-state index is 13.8. The standard InChI is InChI=1S/C16H14F2N2.C5H10N2O/c1-20-16(11-5-3-2-4-6-11)10-15(19-20)13-9-12(17)7-8-14(13)18;8-5-7-3-1-6-2-4-7/h2-9,16H,10H2,1H3;5-6H,1-4H2. The molecular formula is C21H24F2N4O. The van der Waals surface area contributed by atoms with Crippen molar-refractivity contribution in [2.45, 2.75) is 12.5 Å². The molecule has 1 amide bonds. The van der Waals surface area contributed by atoms with Crippen molar-refractivity contribution in [1.82, 2.24) is 15.2 Å². The smallest absolute Gasteiger partial charge is 0.209 e. The Kier molecular flexibility index (Phi) is 6.71. The largest absolute Gasteiger partial charge is 0.343 e. The summed E-state index contributed by atoms with van der Waals surface area (Å²) >= 11 is 0. The van der Waals surface area contributed by atoms with Crippen molar-refractivity contribution < 1.29 is 13.6 Å². The lowest BCUT2D eigenvalue weighted by atomic mass is 9.98. The van der Waals surface area contributed by atoms with Gasteiger partial charge in [0.05, 0.1) is 11.8 Å². The van der Waals surface area contributed by atoms with Crippen LogP contribution >= 0.6 is 0 Å². The van der Waals surface area contributed by atoms with Crippen molar-refractivity contribution in [3.63, 3.8) is 0 Å². The predicted molar refractivity (Wildman–Crippen MR) is 105 cm³/mol. The van der Waals surface area contributed by atoms with Crippen LogP contribution < -0.4 is 5.32 Å². The zero-order valence-electron chi connectivity index (χ0n) is 15.8. The Morgan fingerprint density at radius 2 is 1.82 bits per heavy atom. The topological polar surface area (TPSA) is 47.9 Å². The van der Waals surface area contributed by atoms with E-state index in [2.05, 4.69) is 10.4 Å². The first-order valence-corrected chi connectivity index (χ1v) is 9.29. The van der Waals surface area contributed by atoms with E-state index in [0.717, 1.165) is 50.3 Å². The number of hydrazone groups is 1. The Morgan fingerprint density at radius 3 is 2.46 bits per heavy atom. The van der Waals surface area contributed by atoms with Crippen LogP contribution in [0.2, 0.25) is 0 Å². The average Bonchev–Trinajstić information content (AvgIpc) is 3.13. The summed E-state index contributed by atoms with van der Waals surface area (Å²) in [7, 11) is 1.85. The van der Waals surface area contributed by atoms with Crippen molar-refractivity contribution in [2.75, 3.05) is 33.2 Å². The van der Waals surface area contributed by atoms with Gasteiger partial charge in [-0.05, 0) is 23.8 Å². The van der Waals surface area contributed by atoms with Crippen LogP contribution in [0.1, 0.15) is 23.6 Å². The fraction of sp³-hybridized carbons (Fsp3) is 0.333. The molecule has 1 unspecified atom stereocenters. The summed E-state index contributed by atoms with van der Waals surface area (Å²) in [5.41, 5.74) is 1.94. The fourth-order valence-corrected chi connectivity index (χ4v) is 3.29. The Morgan fingerprint density at radius 1 is 1.11 bits per heavy atom. The third-order valence-electron chi connectivity index (χ3n) is 4.84. The summed E-state index contributed by atoms with van der Waals surface area (Å²) in [6.07, 6.45) is 1.47. The highest BCUT2D eigenvalue weighted by molar-refractivity contribution is 6.02. The minimum atomic E-state index is -0.449. The van der Waals surface area contributed by atoms with Gasteiger partial charge in [-0.1, -0.05) is 30.3 Å². The lowest BCUT2D eigenvalue weighted by molar-refractivity contribution is -0.118. The van der Waals surface area contributed by atoms with Gasteiger partial charge in [-0.15, -0.1) is 0 Å². The molecule has 2 aliphatic heterocycles. The van der Waals surface area contributed by atoms with E-state index >= 15 is 0 Å². The van der Waals surface area contributed by atoms with Crippen molar-refractivity contribution in [3.05, 3.63) is 71.3 Å². The van der Waals surface area contributed by atoms with Gasteiger partial charge < -0.3 is 10.2 Å². The lowest BCUT2D eigenvalue weighted by Gasteiger charge is -2.22. The van der Waals surface area contributed by atoms with Gasteiger partial charge in [-0.3, -0.25) is 9.80 Å². The molecule has 28 heavy (non-hydrogen) atoms. The first kappa shape index (κ1) is 19.9. The second kappa shape index (κ2) is 9.41. The van der Waals surface area contributed by atoms with Crippen molar-refractivity contribution >= 4 is 12.1 Å². The number of carbonyl (C=O) groups is 1. The van der Waals surface area contributed by atoms with Gasteiger partial charge >= 0.3 is 0 Å². The zero-order valence-corrected chi connectivity index (χ0v) is 15.8. The second-order valence-corrected chi connectivity index (χ2v) is 6.77. The SMILES string of the molecule is CN1N=C(c2cc(F)ccc2F)CC1c1ccccc1.O=CN1CCNCC1. The van der Waals surface area contributed by atoms with E-state index in [9.17, 15) is 13.6 Å². The van der Waals surface area contributed by atoms with Gasteiger partial charge in [0.1, 0.15) is 11.6 Å². The molecule has 7 heteroatoms. The number of nitrogens with zero attached hydrogens (tertiary/aromatic N) is 3. The first-order valence-electron chi connectivity index (χ1n) is 9.29. The summed E-state index contributed by atoms with van der Waals surface area (Å²) < 4.78 is 27.1. The molecule has 2 aliphatic rings. The van der Waals surface area contributed by atoms with Crippen molar-refractivity contribution in [3.8, 4) is 0 Å². The van der Waals surface area contributed by atoms with Crippen LogP contribution in [0.4, 0.5) is 8.78 Å². The molecular weight excluding hydrogens is 362 g/mol. The molecule has 0 radical (unpaired) electrons. The van der Waals surface area contributed by atoms with Crippen LogP contribution in [-0.2, 0) is 4.79 Å². The van der Waals surface area contributed by atoms with Gasteiger partial charge in [0.25, 0.3) is 0 Å². The lowest BCUT2D eigenvalue weighted by Crippen LogP contribution is -2.42. The van der Waals surface area contributed by atoms with Gasteiger partial charge in [0.15, 0.2) is 0 Å². The number of carbonyl (C=O) groups excluding carboxylic acids is 1. The van der Waals surface area contributed by atoms with Gasteiger partial charge in [0, 0.05) is 45.2 Å². The summed E-state index contributed by atoms with van der Waals surface area (Å²) in [6.45, 7) is 3.62. The average molecular weight is 386 g/mol. The molecule has 2 aromatic carbocycles. The highest BCUT2D eigenvalue weighted by Crippen LogP contribution is 2.31. The molecule has 0 aliphatic carbocycles. The third-order valence-corrected chi connectivity index (χ3v) is 4.84. The van der Waals surface area contributed by atoms with Crippen LogP contribution in [-0.4, -0.2) is 55.3 Å². The molecule has 4 rings (SSSR count). The summed E-state index contributed by atoms with van der Waals surface area (Å²) in [5.74, 6) is -0.887. The maximum absolute atomic E-state index is 13.8. The molecule has 0 aromatic heterocycles. The molecule has 1 fully saturated rings. The van der Waals surface area contributed by atoms with E-state index < -0.39 is 11.6 Å². The molecule has 2 aromatic rings. The molecule has 1 saturated heterocycles. The fourth-order valence-electron chi connectivity index (χ4n) is 3.29. The van der Waals surface area contributed by atoms with E-state index in [4.69, 9.17) is 0 Å². The molecule has 1 N–H and O–H groups in total. The highest BCUT2D eigenvalue weighted by atomic mass is 19.1. The Balaban J connectivity index is 0.000000236. The number of nitrogens with one attached hydrogen (secondary N) is 1. The number of amides is 1. The van der Waals surface area contributed by atoms with Crippen LogP contribution in [0.3, 0.4) is 0 Å². The summed E-state index contributed by atoms with van der Waals surface area (Å²) in [6, 6.07) is 13.4. The summed E-state index contributed by atoms with van der Waals surface area (Å²) in [4.78, 5) is 11.8. The van der Waals surface area contributed by atoms with Gasteiger partial charge in [-0.2, -0.15) is 5.10 Å². The number of halogens is 2. The first-order chi connectivity index (χ1) is 13.6. The molecule has 0 saturated carbocycles. The van der Waals surface area contributed by atoms with Crippen molar-refractivity contribution in [2.24, 2.45) is 5.10 Å². The number of benzene rings is 2. The Labute approximate surface area is 163 Å². The Bertz CT molecular complexity index is 822. The number of hydrogen-bond donors (Lipinski definition) is 1. The molecule has 1 atom stereocenters. The predicted octanol–water partition coefficient (Wildman–Crippen LogP) is 2.79. The van der Waals surface area contributed by atoms with E-state index in [-0.39, 0.29) is 11.6 Å². The third kappa shape index (κ3) is 4.92. The monoisotopic (exact) mass is 386 g/mol. The van der Waals surface area contributed by atoms with Crippen LogP contribution in [0.5, 0.6) is 0 Å². The number of rotatable bonds is 3. The van der Waals surface area contributed by atoms with E-state index in [1.54, 1.807) is 9.91 Å². The molecule has 0 spiro atoms. The quantitative estimate of drug-likeness (QED) is 0.826. The Hall–Kier alpha value is -2.80. The number of hydrogen-bond acceptors (Lipinski definition) is 4. The number of piperazine rings is 1. The van der Waals surface area contributed by atoms with Crippen molar-refractivity contribution in [1.29, 1.82) is 0 Å². The van der Waals surface area contributed by atoms with Gasteiger partial charge in [0.2, 0.25) is 6.41 Å². The van der Waals surface area contributed by atoms with Gasteiger partial charge in [-0.25, -0.2) is 8.78 Å². The van der Waals surface area contributed by atoms with E-state index in [1.807, 2.05) is 37.4 Å². The minimum absolute atomic E-state index is 0.0638. The van der Waals surface area contributed by atoms with Crippen LogP contribution in [0, 0.1) is 11.6 Å².